The summed E-state index contributed by atoms with van der Waals surface area (Å²) >= 11 is 0. The van der Waals surface area contributed by atoms with Crippen molar-refractivity contribution in [3.8, 4) is 0 Å². The topological polar surface area (TPSA) is 12.0 Å². The minimum atomic E-state index is -4.32. The second kappa shape index (κ2) is 4.61. The van der Waals surface area contributed by atoms with Crippen molar-refractivity contribution in [1.82, 2.24) is 5.32 Å². The van der Waals surface area contributed by atoms with Crippen LogP contribution < -0.4 is 5.32 Å². The number of alkyl halides is 3. The third-order valence-corrected chi connectivity index (χ3v) is 2.08. The summed E-state index contributed by atoms with van der Waals surface area (Å²) in [4.78, 5) is 0. The van der Waals surface area contributed by atoms with E-state index in [0.29, 0.717) is 0 Å². The Kier molecular flexibility index (Phi) is 3.68. The quantitative estimate of drug-likeness (QED) is 0.774. The molecule has 0 aromatic heterocycles. The predicted molar refractivity (Wildman–Crippen MR) is 49.1 cm³/mol. The summed E-state index contributed by atoms with van der Waals surface area (Å²) in [6, 6.07) is 4.38. The van der Waals surface area contributed by atoms with Crippen LogP contribution in [-0.2, 0) is 0 Å². The molecule has 0 spiro atoms. The zero-order chi connectivity index (χ0) is 11.5. The van der Waals surface area contributed by atoms with Gasteiger partial charge in [0.05, 0.1) is 5.92 Å². The second-order valence-corrected chi connectivity index (χ2v) is 3.20. The van der Waals surface area contributed by atoms with E-state index in [9.17, 15) is 17.6 Å². The molecule has 1 rings (SSSR count). The van der Waals surface area contributed by atoms with Gasteiger partial charge in [0.1, 0.15) is 5.82 Å². The number of halogens is 4. The largest absolute Gasteiger partial charge is 0.396 e. The van der Waals surface area contributed by atoms with Gasteiger partial charge in [-0.05, 0) is 24.7 Å². The van der Waals surface area contributed by atoms with Crippen LogP contribution in [0.2, 0.25) is 0 Å². The summed E-state index contributed by atoms with van der Waals surface area (Å²) in [5.41, 5.74) is 0.0678. The Balaban J connectivity index is 2.94. The first-order valence-electron chi connectivity index (χ1n) is 4.42. The van der Waals surface area contributed by atoms with Crippen molar-refractivity contribution in [3.63, 3.8) is 0 Å². The smallest absolute Gasteiger partial charge is 0.319 e. The summed E-state index contributed by atoms with van der Waals surface area (Å²) in [6.07, 6.45) is -4.32. The van der Waals surface area contributed by atoms with E-state index in [1.54, 1.807) is 0 Å². The average Bonchev–Trinajstić information content (AvgIpc) is 2.14. The van der Waals surface area contributed by atoms with Crippen molar-refractivity contribution in [3.05, 3.63) is 35.6 Å². The first-order valence-corrected chi connectivity index (χ1v) is 4.42. The normalized spacial score (nSPS) is 13.9. The Morgan fingerprint density at radius 1 is 1.20 bits per heavy atom. The van der Waals surface area contributed by atoms with E-state index in [1.807, 2.05) is 0 Å². The van der Waals surface area contributed by atoms with Crippen molar-refractivity contribution in [2.45, 2.75) is 12.1 Å². The minimum absolute atomic E-state index is 0.0678. The standard InChI is InChI=1S/C10H11F4N/c1-15-6-9(10(12,13)14)7-2-4-8(11)5-3-7/h2-5,9,15H,6H2,1H3. The molecule has 15 heavy (non-hydrogen) atoms. The molecule has 0 saturated heterocycles. The van der Waals surface area contributed by atoms with Crippen LogP contribution in [-0.4, -0.2) is 19.8 Å². The van der Waals surface area contributed by atoms with Crippen LogP contribution in [0.3, 0.4) is 0 Å². The molecule has 0 aliphatic carbocycles. The third-order valence-electron chi connectivity index (χ3n) is 2.08. The predicted octanol–water partition coefficient (Wildman–Crippen LogP) is 2.69. The molecule has 0 amide bonds. The van der Waals surface area contributed by atoms with Gasteiger partial charge in [0, 0.05) is 6.54 Å². The Hall–Kier alpha value is -1.10. The lowest BCUT2D eigenvalue weighted by atomic mass is 9.98. The van der Waals surface area contributed by atoms with Gasteiger partial charge in [-0.2, -0.15) is 13.2 Å². The van der Waals surface area contributed by atoms with Crippen LogP contribution in [0.15, 0.2) is 24.3 Å². The molecule has 0 radical (unpaired) electrons. The van der Waals surface area contributed by atoms with E-state index < -0.39 is 17.9 Å². The zero-order valence-electron chi connectivity index (χ0n) is 8.11. The molecule has 5 heteroatoms. The van der Waals surface area contributed by atoms with Gasteiger partial charge in [-0.1, -0.05) is 12.1 Å². The molecule has 0 heterocycles. The lowest BCUT2D eigenvalue weighted by Gasteiger charge is -2.20. The van der Waals surface area contributed by atoms with E-state index in [0.717, 1.165) is 24.3 Å². The molecule has 1 nitrogen and oxygen atoms in total. The molecule has 1 unspecified atom stereocenters. The maximum absolute atomic E-state index is 12.6. The molecule has 0 saturated carbocycles. The van der Waals surface area contributed by atoms with Crippen molar-refractivity contribution >= 4 is 0 Å². The Bertz CT molecular complexity index is 304. The number of benzene rings is 1. The number of nitrogens with one attached hydrogen (secondary N) is 1. The van der Waals surface area contributed by atoms with Crippen LogP contribution in [0, 0.1) is 5.82 Å². The summed E-state index contributed by atoms with van der Waals surface area (Å²) < 4.78 is 50.2. The van der Waals surface area contributed by atoms with Gasteiger partial charge in [0.25, 0.3) is 0 Å². The SMILES string of the molecule is CNCC(c1ccc(F)cc1)C(F)(F)F. The van der Waals surface area contributed by atoms with Crippen molar-refractivity contribution in [1.29, 1.82) is 0 Å². The Morgan fingerprint density at radius 2 is 1.73 bits per heavy atom. The van der Waals surface area contributed by atoms with E-state index in [2.05, 4.69) is 5.32 Å². The Labute approximate surface area is 85.1 Å². The second-order valence-electron chi connectivity index (χ2n) is 3.20. The van der Waals surface area contributed by atoms with Gasteiger partial charge < -0.3 is 5.32 Å². The average molecular weight is 221 g/mol. The minimum Gasteiger partial charge on any atom is -0.319 e. The van der Waals surface area contributed by atoms with Gasteiger partial charge in [-0.3, -0.25) is 0 Å². The highest BCUT2D eigenvalue weighted by Gasteiger charge is 2.39. The molecule has 1 N–H and O–H groups in total. The van der Waals surface area contributed by atoms with E-state index >= 15 is 0 Å². The lowest BCUT2D eigenvalue weighted by molar-refractivity contribution is -0.149. The highest BCUT2D eigenvalue weighted by atomic mass is 19.4. The van der Waals surface area contributed by atoms with Crippen molar-refractivity contribution in [2.75, 3.05) is 13.6 Å². The number of hydrogen-bond acceptors (Lipinski definition) is 1. The van der Waals surface area contributed by atoms with Crippen LogP contribution in [0.4, 0.5) is 17.6 Å². The number of likely N-dealkylation sites (N-methyl/N-ethyl adjacent to an activating group) is 1. The summed E-state index contributed by atoms with van der Waals surface area (Å²) in [6.45, 7) is -0.213. The van der Waals surface area contributed by atoms with Gasteiger partial charge in [-0.25, -0.2) is 4.39 Å². The van der Waals surface area contributed by atoms with Gasteiger partial charge in [-0.15, -0.1) is 0 Å². The van der Waals surface area contributed by atoms with Crippen LogP contribution in [0.1, 0.15) is 11.5 Å². The summed E-state index contributed by atoms with van der Waals surface area (Å²) in [7, 11) is 1.45. The maximum Gasteiger partial charge on any atom is 0.396 e. The molecular formula is C10H11F4N. The van der Waals surface area contributed by atoms with Gasteiger partial charge in [0.15, 0.2) is 0 Å². The first-order chi connectivity index (χ1) is 6.95. The number of rotatable bonds is 3. The zero-order valence-corrected chi connectivity index (χ0v) is 8.11. The van der Waals surface area contributed by atoms with Crippen molar-refractivity contribution in [2.24, 2.45) is 0 Å². The third kappa shape index (κ3) is 3.20. The van der Waals surface area contributed by atoms with Gasteiger partial charge in [0.2, 0.25) is 0 Å². The van der Waals surface area contributed by atoms with Crippen LogP contribution in [0.25, 0.3) is 0 Å². The highest BCUT2D eigenvalue weighted by molar-refractivity contribution is 5.22. The van der Waals surface area contributed by atoms with Crippen molar-refractivity contribution < 1.29 is 17.6 Å². The molecule has 0 fully saturated rings. The fourth-order valence-electron chi connectivity index (χ4n) is 1.32. The highest BCUT2D eigenvalue weighted by Crippen LogP contribution is 2.34. The van der Waals surface area contributed by atoms with Crippen LogP contribution in [0.5, 0.6) is 0 Å². The molecular weight excluding hydrogens is 210 g/mol. The van der Waals surface area contributed by atoms with E-state index in [-0.39, 0.29) is 12.1 Å². The summed E-state index contributed by atoms with van der Waals surface area (Å²) in [5, 5.41) is 2.47. The molecule has 1 aromatic rings. The number of hydrogen-bond donors (Lipinski definition) is 1. The van der Waals surface area contributed by atoms with Crippen LogP contribution >= 0.6 is 0 Å². The maximum atomic E-state index is 12.6. The lowest BCUT2D eigenvalue weighted by Crippen LogP contribution is -2.29. The molecule has 0 bridgehead atoms. The molecule has 84 valence electrons. The summed E-state index contributed by atoms with van der Waals surface area (Å²) in [5.74, 6) is -2.13. The monoisotopic (exact) mass is 221 g/mol. The first kappa shape index (κ1) is 12.0. The van der Waals surface area contributed by atoms with Gasteiger partial charge >= 0.3 is 6.18 Å². The molecule has 0 aliphatic rings. The molecule has 1 atom stereocenters. The fraction of sp³-hybridized carbons (Fsp3) is 0.400. The van der Waals surface area contributed by atoms with E-state index in [4.69, 9.17) is 0 Å². The van der Waals surface area contributed by atoms with E-state index in [1.165, 1.54) is 7.05 Å². The molecule has 1 aromatic carbocycles. The Morgan fingerprint density at radius 3 is 2.13 bits per heavy atom. The molecule has 0 aliphatic heterocycles. The fourth-order valence-corrected chi connectivity index (χ4v) is 1.32.